The van der Waals surface area contributed by atoms with Crippen LogP contribution >= 0.6 is 11.6 Å². The number of benzene rings is 1. The highest BCUT2D eigenvalue weighted by Crippen LogP contribution is 2.24. The number of aromatic nitrogens is 2. The highest BCUT2D eigenvalue weighted by molar-refractivity contribution is 6.30. The summed E-state index contributed by atoms with van der Waals surface area (Å²) >= 11 is 5.86. The normalized spacial score (nSPS) is 10.4. The summed E-state index contributed by atoms with van der Waals surface area (Å²) in [7, 11) is 0. The average molecular weight is 307 g/mol. The van der Waals surface area contributed by atoms with Gasteiger partial charge in [0.15, 0.2) is 5.82 Å². The van der Waals surface area contributed by atoms with E-state index in [-0.39, 0.29) is 0 Å². The van der Waals surface area contributed by atoms with Crippen molar-refractivity contribution in [2.75, 3.05) is 24.2 Å². The minimum atomic E-state index is 0.431. The van der Waals surface area contributed by atoms with E-state index in [2.05, 4.69) is 15.3 Å². The van der Waals surface area contributed by atoms with E-state index in [9.17, 15) is 0 Å². The van der Waals surface area contributed by atoms with Gasteiger partial charge in [0.25, 0.3) is 0 Å². The highest BCUT2D eigenvalue weighted by atomic mass is 35.5. The molecule has 2 rings (SSSR count). The Labute approximate surface area is 129 Å². The van der Waals surface area contributed by atoms with E-state index in [1.807, 2.05) is 31.2 Å². The zero-order valence-corrected chi connectivity index (χ0v) is 12.7. The Morgan fingerprint density at radius 2 is 2.00 bits per heavy atom. The van der Waals surface area contributed by atoms with Crippen molar-refractivity contribution in [2.45, 2.75) is 19.8 Å². The first-order chi connectivity index (χ1) is 10.2. The molecule has 0 aliphatic heterocycles. The van der Waals surface area contributed by atoms with Crippen molar-refractivity contribution in [1.29, 1.82) is 0 Å². The molecule has 0 fully saturated rings. The van der Waals surface area contributed by atoms with Crippen LogP contribution in [0, 0.1) is 0 Å². The number of nitrogen functional groups attached to an aromatic ring is 1. The SMILES string of the molecule is CCCOc1ncnc(NCCc2ccc(Cl)cc2)c1N. The average Bonchev–Trinajstić information content (AvgIpc) is 2.50. The van der Waals surface area contributed by atoms with Crippen LogP contribution in [0.25, 0.3) is 0 Å². The lowest BCUT2D eigenvalue weighted by Crippen LogP contribution is -2.10. The fourth-order valence-electron chi connectivity index (χ4n) is 1.81. The Bertz CT molecular complexity index is 574. The molecule has 112 valence electrons. The number of hydrogen-bond acceptors (Lipinski definition) is 5. The molecule has 0 aliphatic carbocycles. The Morgan fingerprint density at radius 1 is 1.24 bits per heavy atom. The molecule has 21 heavy (non-hydrogen) atoms. The van der Waals surface area contributed by atoms with E-state index in [4.69, 9.17) is 22.1 Å². The summed E-state index contributed by atoms with van der Waals surface area (Å²) in [5.74, 6) is 1.03. The highest BCUT2D eigenvalue weighted by Gasteiger charge is 2.08. The van der Waals surface area contributed by atoms with Gasteiger partial charge in [-0.1, -0.05) is 30.7 Å². The maximum Gasteiger partial charge on any atom is 0.242 e. The van der Waals surface area contributed by atoms with Crippen molar-refractivity contribution in [3.05, 3.63) is 41.2 Å². The number of nitrogens with one attached hydrogen (secondary N) is 1. The molecule has 0 aliphatic rings. The van der Waals surface area contributed by atoms with E-state index in [1.54, 1.807) is 0 Å². The molecule has 0 saturated heterocycles. The van der Waals surface area contributed by atoms with Crippen LogP contribution in [0.15, 0.2) is 30.6 Å². The van der Waals surface area contributed by atoms with Gasteiger partial charge in [0.05, 0.1) is 6.61 Å². The predicted molar refractivity (Wildman–Crippen MR) is 85.9 cm³/mol. The molecule has 1 aromatic carbocycles. The predicted octanol–water partition coefficient (Wildman–Crippen LogP) is 3.16. The number of ether oxygens (including phenoxy) is 1. The number of halogens is 1. The van der Waals surface area contributed by atoms with Gasteiger partial charge in [-0.25, -0.2) is 4.98 Å². The summed E-state index contributed by atoms with van der Waals surface area (Å²) in [5.41, 5.74) is 7.64. The van der Waals surface area contributed by atoms with Crippen LogP contribution in [-0.2, 0) is 6.42 Å². The molecular formula is C15H19ClN4O. The number of anilines is 2. The first-order valence-corrected chi connectivity index (χ1v) is 7.30. The van der Waals surface area contributed by atoms with E-state index in [0.29, 0.717) is 24.0 Å². The smallest absolute Gasteiger partial charge is 0.242 e. The topological polar surface area (TPSA) is 73.1 Å². The molecule has 1 aromatic heterocycles. The Kier molecular flexibility index (Phi) is 5.63. The quantitative estimate of drug-likeness (QED) is 0.822. The molecule has 0 atom stereocenters. The summed E-state index contributed by atoms with van der Waals surface area (Å²) in [5, 5.41) is 3.94. The van der Waals surface area contributed by atoms with Crippen LogP contribution in [0.3, 0.4) is 0 Å². The molecule has 0 bridgehead atoms. The largest absolute Gasteiger partial charge is 0.476 e. The van der Waals surface area contributed by atoms with Crippen LogP contribution < -0.4 is 15.8 Å². The minimum Gasteiger partial charge on any atom is -0.476 e. The van der Waals surface area contributed by atoms with E-state index >= 15 is 0 Å². The zero-order chi connectivity index (χ0) is 15.1. The van der Waals surface area contributed by atoms with Crippen molar-refractivity contribution in [3.8, 4) is 5.88 Å². The summed E-state index contributed by atoms with van der Waals surface area (Å²) < 4.78 is 5.47. The fraction of sp³-hybridized carbons (Fsp3) is 0.333. The molecule has 0 radical (unpaired) electrons. The molecular weight excluding hydrogens is 288 g/mol. The molecule has 2 aromatic rings. The number of hydrogen-bond donors (Lipinski definition) is 2. The maximum atomic E-state index is 5.99. The van der Waals surface area contributed by atoms with E-state index in [1.165, 1.54) is 11.9 Å². The van der Waals surface area contributed by atoms with Crippen LogP contribution in [0.2, 0.25) is 5.02 Å². The maximum absolute atomic E-state index is 5.99. The molecule has 5 nitrogen and oxygen atoms in total. The molecule has 1 heterocycles. The van der Waals surface area contributed by atoms with Crippen molar-refractivity contribution in [2.24, 2.45) is 0 Å². The van der Waals surface area contributed by atoms with E-state index in [0.717, 1.165) is 24.4 Å². The lowest BCUT2D eigenvalue weighted by Gasteiger charge is -2.11. The monoisotopic (exact) mass is 306 g/mol. The van der Waals surface area contributed by atoms with Gasteiger partial charge in [0.1, 0.15) is 12.0 Å². The van der Waals surface area contributed by atoms with Crippen molar-refractivity contribution < 1.29 is 4.74 Å². The molecule has 0 amide bonds. The summed E-state index contributed by atoms with van der Waals surface area (Å²) in [6, 6.07) is 7.77. The Morgan fingerprint density at radius 3 is 2.71 bits per heavy atom. The number of nitrogens with two attached hydrogens (primary N) is 1. The van der Waals surface area contributed by atoms with Gasteiger partial charge in [-0.2, -0.15) is 4.98 Å². The second-order valence-electron chi connectivity index (χ2n) is 4.59. The molecule has 3 N–H and O–H groups in total. The fourth-order valence-corrected chi connectivity index (χ4v) is 1.94. The third kappa shape index (κ3) is 4.49. The van der Waals surface area contributed by atoms with Crippen LogP contribution in [-0.4, -0.2) is 23.1 Å². The summed E-state index contributed by atoms with van der Waals surface area (Å²) in [4.78, 5) is 8.18. The van der Waals surface area contributed by atoms with E-state index < -0.39 is 0 Å². The van der Waals surface area contributed by atoms with Gasteiger partial charge in [0.2, 0.25) is 5.88 Å². The van der Waals surface area contributed by atoms with Gasteiger partial charge in [-0.05, 0) is 30.5 Å². The lowest BCUT2D eigenvalue weighted by atomic mass is 10.1. The molecule has 0 spiro atoms. The van der Waals surface area contributed by atoms with Gasteiger partial charge in [-0.3, -0.25) is 0 Å². The van der Waals surface area contributed by atoms with Gasteiger partial charge in [0, 0.05) is 11.6 Å². The first-order valence-electron chi connectivity index (χ1n) is 6.92. The molecule has 6 heteroatoms. The first kappa shape index (κ1) is 15.4. The third-order valence-corrected chi connectivity index (χ3v) is 3.16. The zero-order valence-electron chi connectivity index (χ0n) is 12.0. The standard InChI is InChI=1S/C15H19ClN4O/c1-2-9-21-15-13(17)14(19-10-20-15)18-8-7-11-3-5-12(16)6-4-11/h3-6,10H,2,7-9,17H2,1H3,(H,18,19,20). The van der Waals surface area contributed by atoms with Crippen molar-refractivity contribution in [1.82, 2.24) is 9.97 Å². The lowest BCUT2D eigenvalue weighted by molar-refractivity contribution is 0.306. The Balaban J connectivity index is 1.92. The summed E-state index contributed by atoms with van der Waals surface area (Å²) in [6.45, 7) is 3.34. The number of nitrogens with zero attached hydrogens (tertiary/aromatic N) is 2. The van der Waals surface area contributed by atoms with Crippen molar-refractivity contribution >= 4 is 23.1 Å². The van der Waals surface area contributed by atoms with Crippen LogP contribution in [0.4, 0.5) is 11.5 Å². The van der Waals surface area contributed by atoms with Crippen molar-refractivity contribution in [3.63, 3.8) is 0 Å². The van der Waals surface area contributed by atoms with Crippen LogP contribution in [0.1, 0.15) is 18.9 Å². The summed E-state index contributed by atoms with van der Waals surface area (Å²) in [6.07, 6.45) is 3.21. The third-order valence-electron chi connectivity index (χ3n) is 2.91. The molecule has 0 unspecified atom stereocenters. The second kappa shape index (κ2) is 7.69. The van der Waals surface area contributed by atoms with Gasteiger partial charge in [-0.15, -0.1) is 0 Å². The minimum absolute atomic E-state index is 0.431. The Hall–Kier alpha value is -2.01. The van der Waals surface area contributed by atoms with Gasteiger partial charge >= 0.3 is 0 Å². The van der Waals surface area contributed by atoms with Gasteiger partial charge < -0.3 is 15.8 Å². The second-order valence-corrected chi connectivity index (χ2v) is 5.03. The number of rotatable bonds is 7. The molecule has 0 saturated carbocycles. The van der Waals surface area contributed by atoms with Crippen LogP contribution in [0.5, 0.6) is 5.88 Å².